The van der Waals surface area contributed by atoms with Crippen LogP contribution in [0, 0.1) is 58.2 Å². The summed E-state index contributed by atoms with van der Waals surface area (Å²) in [5, 5.41) is 0. The van der Waals surface area contributed by atoms with E-state index in [9.17, 15) is 4.79 Å². The Hall–Kier alpha value is -0.530. The van der Waals surface area contributed by atoms with Gasteiger partial charge in [-0.25, -0.2) is 0 Å². The van der Waals surface area contributed by atoms with E-state index in [0.717, 1.165) is 54.3 Å². The molecule has 166 valence electrons. The van der Waals surface area contributed by atoms with Gasteiger partial charge in [0.2, 0.25) is 0 Å². The summed E-state index contributed by atoms with van der Waals surface area (Å²) in [5.74, 6) is 6.10. The lowest BCUT2D eigenvalue weighted by atomic mass is 9.41. The van der Waals surface area contributed by atoms with Crippen LogP contribution in [-0.2, 0) is 9.53 Å². The maximum Gasteiger partial charge on any atom is 0.293 e. The minimum Gasteiger partial charge on any atom is -0.464 e. The van der Waals surface area contributed by atoms with E-state index in [-0.39, 0.29) is 6.10 Å². The molecule has 0 amide bonds. The van der Waals surface area contributed by atoms with E-state index in [1.807, 2.05) is 0 Å². The fraction of sp³-hybridized carbons (Fsp3) is 0.963. The third-order valence-corrected chi connectivity index (χ3v) is 11.2. The van der Waals surface area contributed by atoms with Crippen LogP contribution in [0.25, 0.3) is 0 Å². The van der Waals surface area contributed by atoms with E-state index in [2.05, 4.69) is 41.5 Å². The fourth-order valence-electron chi connectivity index (χ4n) is 9.59. The molecule has 0 radical (unpaired) electrons. The average molecular weight is 403 g/mol. The predicted molar refractivity (Wildman–Crippen MR) is 119 cm³/mol. The minimum atomic E-state index is 0.165. The highest BCUT2D eigenvalue weighted by molar-refractivity contribution is 5.38. The van der Waals surface area contributed by atoms with Gasteiger partial charge >= 0.3 is 0 Å². The van der Waals surface area contributed by atoms with Crippen molar-refractivity contribution in [2.75, 3.05) is 0 Å². The summed E-state index contributed by atoms with van der Waals surface area (Å²) < 4.78 is 5.93. The fourth-order valence-corrected chi connectivity index (χ4v) is 9.59. The second-order valence-electron chi connectivity index (χ2n) is 12.3. The summed E-state index contributed by atoms with van der Waals surface area (Å²) in [4.78, 5) is 11.5. The molecule has 4 saturated carbocycles. The first-order valence-electron chi connectivity index (χ1n) is 12.9. The molecule has 0 bridgehead atoms. The lowest BCUT2D eigenvalue weighted by Crippen LogP contribution is -2.60. The summed E-state index contributed by atoms with van der Waals surface area (Å²) >= 11 is 0. The molecule has 11 unspecified atom stereocenters. The maximum atomic E-state index is 11.5. The van der Waals surface area contributed by atoms with Crippen molar-refractivity contribution >= 4 is 6.47 Å². The Labute approximate surface area is 179 Å². The van der Waals surface area contributed by atoms with E-state index in [4.69, 9.17) is 4.74 Å². The quantitative estimate of drug-likeness (QED) is 0.458. The molecule has 0 N–H and O–H groups in total. The largest absolute Gasteiger partial charge is 0.464 e. The van der Waals surface area contributed by atoms with Crippen molar-refractivity contribution in [3.63, 3.8) is 0 Å². The highest BCUT2D eigenvalue weighted by Gasteiger charge is 2.65. The molecule has 0 saturated heterocycles. The summed E-state index contributed by atoms with van der Waals surface area (Å²) in [7, 11) is 0. The Morgan fingerprint density at radius 1 is 1.07 bits per heavy atom. The Morgan fingerprint density at radius 3 is 2.52 bits per heavy atom. The van der Waals surface area contributed by atoms with Crippen molar-refractivity contribution in [3.05, 3.63) is 0 Å². The number of ether oxygens (including phenoxy) is 1. The van der Waals surface area contributed by atoms with Crippen molar-refractivity contribution in [2.45, 2.75) is 105 Å². The van der Waals surface area contributed by atoms with Crippen LogP contribution in [0.2, 0.25) is 0 Å². The zero-order chi connectivity index (χ0) is 21.0. The molecule has 0 aliphatic heterocycles. The average Bonchev–Trinajstić information content (AvgIpc) is 3.03. The van der Waals surface area contributed by atoms with Gasteiger partial charge in [-0.1, -0.05) is 60.8 Å². The Bertz CT molecular complexity index is 601. The SMILES string of the molecule is CCCC(C)C1CCC2C3C(OC=O)CC4CC(C)CCC4(C)C3CC(C)C12C. The maximum absolute atomic E-state index is 11.5. The third-order valence-electron chi connectivity index (χ3n) is 11.2. The predicted octanol–water partition coefficient (Wildman–Crippen LogP) is 7.12. The van der Waals surface area contributed by atoms with E-state index in [1.54, 1.807) is 0 Å². The lowest BCUT2D eigenvalue weighted by molar-refractivity contribution is -0.195. The Balaban J connectivity index is 1.70. The van der Waals surface area contributed by atoms with Gasteiger partial charge < -0.3 is 4.74 Å². The number of carbonyl (C=O) groups excluding carboxylic acids is 1. The van der Waals surface area contributed by atoms with Crippen LogP contribution in [0.5, 0.6) is 0 Å². The number of fused-ring (bicyclic) bond motifs is 5. The monoisotopic (exact) mass is 402 g/mol. The third kappa shape index (κ3) is 3.21. The standard InChI is InChI=1S/C27H46O2/c1-7-8-18(3)21-9-10-22-25-23(14-19(4)27(21,22)6)26(5)12-11-17(2)13-20(26)15-24(25)29-16-28/h16-25H,7-15H2,1-6H3. The highest BCUT2D eigenvalue weighted by atomic mass is 16.5. The van der Waals surface area contributed by atoms with Gasteiger partial charge in [-0.05, 0) is 90.8 Å². The molecule has 0 aromatic rings. The van der Waals surface area contributed by atoms with Crippen LogP contribution < -0.4 is 0 Å². The van der Waals surface area contributed by atoms with Gasteiger partial charge in [-0.15, -0.1) is 0 Å². The number of hydrogen-bond donors (Lipinski definition) is 0. The molecule has 0 spiro atoms. The van der Waals surface area contributed by atoms with Crippen molar-refractivity contribution in [2.24, 2.45) is 58.2 Å². The van der Waals surface area contributed by atoms with Gasteiger partial charge in [0.05, 0.1) is 0 Å². The van der Waals surface area contributed by atoms with Gasteiger partial charge in [-0.2, -0.15) is 0 Å². The molecular formula is C27H46O2. The zero-order valence-corrected chi connectivity index (χ0v) is 20.0. The summed E-state index contributed by atoms with van der Waals surface area (Å²) in [6.45, 7) is 15.9. The van der Waals surface area contributed by atoms with Crippen molar-refractivity contribution < 1.29 is 9.53 Å². The van der Waals surface area contributed by atoms with Crippen LogP contribution >= 0.6 is 0 Å². The molecule has 4 aliphatic carbocycles. The van der Waals surface area contributed by atoms with Crippen LogP contribution in [0.3, 0.4) is 0 Å². The normalized spacial score (nSPS) is 52.8. The Morgan fingerprint density at radius 2 is 1.83 bits per heavy atom. The van der Waals surface area contributed by atoms with Crippen LogP contribution in [0.15, 0.2) is 0 Å². The van der Waals surface area contributed by atoms with Crippen LogP contribution in [-0.4, -0.2) is 12.6 Å². The molecule has 2 heteroatoms. The number of hydrogen-bond acceptors (Lipinski definition) is 2. The molecule has 4 fully saturated rings. The second kappa shape index (κ2) is 7.86. The van der Waals surface area contributed by atoms with Gasteiger partial charge in [0, 0.05) is 5.92 Å². The van der Waals surface area contributed by atoms with Gasteiger partial charge in [0.25, 0.3) is 6.47 Å². The first kappa shape index (κ1) is 21.7. The number of carbonyl (C=O) groups is 1. The molecule has 4 rings (SSSR count). The van der Waals surface area contributed by atoms with Crippen molar-refractivity contribution in [3.8, 4) is 0 Å². The molecule has 0 aromatic carbocycles. The molecule has 2 nitrogen and oxygen atoms in total. The van der Waals surface area contributed by atoms with E-state index in [1.165, 1.54) is 51.4 Å². The zero-order valence-electron chi connectivity index (χ0n) is 20.0. The smallest absolute Gasteiger partial charge is 0.293 e. The number of rotatable bonds is 5. The van der Waals surface area contributed by atoms with Crippen molar-refractivity contribution in [1.29, 1.82) is 0 Å². The molecule has 0 aromatic heterocycles. The Kier molecular flexibility index (Phi) is 5.88. The molecule has 11 atom stereocenters. The van der Waals surface area contributed by atoms with Gasteiger partial charge in [0.1, 0.15) is 6.10 Å². The summed E-state index contributed by atoms with van der Waals surface area (Å²) in [6, 6.07) is 0. The second-order valence-corrected chi connectivity index (χ2v) is 12.3. The summed E-state index contributed by atoms with van der Waals surface area (Å²) in [5.41, 5.74) is 0.883. The molecule has 0 heterocycles. The molecular weight excluding hydrogens is 356 g/mol. The van der Waals surface area contributed by atoms with Crippen LogP contribution in [0.4, 0.5) is 0 Å². The van der Waals surface area contributed by atoms with Crippen molar-refractivity contribution in [1.82, 2.24) is 0 Å². The van der Waals surface area contributed by atoms with Gasteiger partial charge in [0.15, 0.2) is 0 Å². The summed E-state index contributed by atoms with van der Waals surface area (Å²) in [6.07, 6.45) is 12.2. The van der Waals surface area contributed by atoms with E-state index < -0.39 is 0 Å². The van der Waals surface area contributed by atoms with E-state index in [0.29, 0.717) is 16.7 Å². The molecule has 29 heavy (non-hydrogen) atoms. The molecule has 4 aliphatic rings. The minimum absolute atomic E-state index is 0.165. The van der Waals surface area contributed by atoms with E-state index >= 15 is 0 Å². The topological polar surface area (TPSA) is 26.3 Å². The van der Waals surface area contributed by atoms with Gasteiger partial charge in [-0.3, -0.25) is 4.79 Å². The first-order valence-corrected chi connectivity index (χ1v) is 12.9. The lowest BCUT2D eigenvalue weighted by Gasteiger charge is -2.64. The van der Waals surface area contributed by atoms with Crippen LogP contribution in [0.1, 0.15) is 99.3 Å². The first-order chi connectivity index (χ1) is 13.8. The highest BCUT2D eigenvalue weighted by Crippen LogP contribution is 2.70.